The van der Waals surface area contributed by atoms with Crippen molar-refractivity contribution in [2.45, 2.75) is 210 Å². The number of hydrogen-bond acceptors (Lipinski definition) is 11. The lowest BCUT2D eigenvalue weighted by atomic mass is 9.99. The molecule has 0 aliphatic carbocycles. The van der Waals surface area contributed by atoms with Gasteiger partial charge in [0.25, 0.3) is 0 Å². The zero-order valence-corrected chi connectivity index (χ0v) is 36.3. The highest BCUT2D eigenvalue weighted by Gasteiger charge is 2.48. The third-order valence-electron chi connectivity index (χ3n) is 10.2. The number of unbranched alkanes of at least 4 members (excludes halogenated alkanes) is 17. The second kappa shape index (κ2) is 34.7. The van der Waals surface area contributed by atoms with E-state index >= 15 is 0 Å². The molecule has 0 saturated carbocycles. The van der Waals surface area contributed by atoms with Gasteiger partial charge in [-0.25, -0.2) is 4.18 Å². The summed E-state index contributed by atoms with van der Waals surface area (Å²) >= 11 is 0. The Morgan fingerprint density at radius 1 is 0.690 bits per heavy atom. The Hall–Kier alpha value is -1.98. The van der Waals surface area contributed by atoms with Gasteiger partial charge in [-0.2, -0.15) is 8.42 Å². The lowest BCUT2D eigenvalue weighted by molar-refractivity contribution is -0.298. The summed E-state index contributed by atoms with van der Waals surface area (Å²) in [4.78, 5) is 13.1. The van der Waals surface area contributed by atoms with Gasteiger partial charge in [0.15, 0.2) is 6.29 Å². The molecule has 1 fully saturated rings. The number of nitrogens with one attached hydrogen (secondary N) is 1. The summed E-state index contributed by atoms with van der Waals surface area (Å²) < 4.78 is 47.4. The van der Waals surface area contributed by atoms with E-state index in [4.69, 9.17) is 14.0 Å². The van der Waals surface area contributed by atoms with Gasteiger partial charge >= 0.3 is 10.4 Å². The normalized spacial score (nSPS) is 22.1. The van der Waals surface area contributed by atoms with Crippen LogP contribution in [0.15, 0.2) is 48.6 Å². The quantitative estimate of drug-likeness (QED) is 0.0192. The molecule has 338 valence electrons. The Morgan fingerprint density at radius 2 is 1.16 bits per heavy atom. The van der Waals surface area contributed by atoms with Gasteiger partial charge in [-0.3, -0.25) is 9.35 Å². The van der Waals surface area contributed by atoms with Gasteiger partial charge in [0.1, 0.15) is 30.5 Å². The van der Waals surface area contributed by atoms with Gasteiger partial charge in [-0.1, -0.05) is 140 Å². The van der Waals surface area contributed by atoms with Crippen LogP contribution in [0.4, 0.5) is 0 Å². The van der Waals surface area contributed by atoms with Crippen molar-refractivity contribution in [3.8, 4) is 0 Å². The first-order valence-corrected chi connectivity index (χ1v) is 23.5. The minimum Gasteiger partial charge on any atom is -0.394 e. The Labute approximate surface area is 350 Å². The molecule has 58 heavy (non-hydrogen) atoms. The maximum atomic E-state index is 13.1. The minimum atomic E-state index is -5.12. The van der Waals surface area contributed by atoms with Gasteiger partial charge in [0.2, 0.25) is 5.91 Å². The average Bonchev–Trinajstić information content (AvgIpc) is 3.19. The molecule has 1 amide bonds. The fourth-order valence-electron chi connectivity index (χ4n) is 6.60. The molecule has 8 atom stereocenters. The molecule has 1 saturated heterocycles. The monoisotopic (exact) mass is 846 g/mol. The van der Waals surface area contributed by atoms with Crippen molar-refractivity contribution >= 4 is 16.3 Å². The molecule has 0 aromatic rings. The van der Waals surface area contributed by atoms with E-state index in [1.54, 1.807) is 6.08 Å². The zero-order chi connectivity index (χ0) is 42.9. The summed E-state index contributed by atoms with van der Waals surface area (Å²) in [6.45, 7) is 3.14. The van der Waals surface area contributed by atoms with E-state index in [2.05, 4.69) is 59.8 Å². The molecular formula is C44H79NO12S. The maximum absolute atomic E-state index is 13.1. The smallest absolute Gasteiger partial charge is 0.394 e. The average molecular weight is 846 g/mol. The lowest BCUT2D eigenvalue weighted by Crippen LogP contribution is -2.61. The first-order valence-electron chi connectivity index (χ1n) is 22.1. The molecule has 8 unspecified atom stereocenters. The van der Waals surface area contributed by atoms with E-state index in [1.165, 1.54) is 76.7 Å². The molecule has 1 aliphatic heterocycles. The summed E-state index contributed by atoms with van der Waals surface area (Å²) in [7, 11) is -5.12. The largest absolute Gasteiger partial charge is 0.397 e. The van der Waals surface area contributed by atoms with E-state index < -0.39 is 78.5 Å². The van der Waals surface area contributed by atoms with E-state index in [0.29, 0.717) is 12.8 Å². The predicted octanol–water partition coefficient (Wildman–Crippen LogP) is 7.07. The second-order valence-electron chi connectivity index (χ2n) is 15.4. The molecule has 1 rings (SSSR count). The van der Waals surface area contributed by atoms with Crippen LogP contribution in [0.25, 0.3) is 0 Å². The number of aliphatic hydroxyl groups is 5. The van der Waals surface area contributed by atoms with Crippen molar-refractivity contribution in [1.82, 2.24) is 5.32 Å². The Bertz CT molecular complexity index is 1240. The first-order chi connectivity index (χ1) is 27.9. The van der Waals surface area contributed by atoms with Crippen molar-refractivity contribution in [3.05, 3.63) is 48.6 Å². The highest BCUT2D eigenvalue weighted by atomic mass is 32.3. The Morgan fingerprint density at radius 3 is 1.67 bits per heavy atom. The molecule has 0 spiro atoms. The fourth-order valence-corrected chi connectivity index (χ4v) is 7.11. The van der Waals surface area contributed by atoms with Gasteiger partial charge in [0.05, 0.1) is 25.4 Å². The third kappa shape index (κ3) is 27.0. The van der Waals surface area contributed by atoms with Crippen molar-refractivity contribution in [2.24, 2.45) is 0 Å². The molecule has 0 aromatic heterocycles. The van der Waals surface area contributed by atoms with Crippen LogP contribution in [0.3, 0.4) is 0 Å². The number of carbonyl (C=O) groups is 1. The number of allylic oxidation sites excluding steroid dienone is 7. The molecule has 7 N–H and O–H groups in total. The van der Waals surface area contributed by atoms with Crippen molar-refractivity contribution in [3.63, 3.8) is 0 Å². The highest BCUT2D eigenvalue weighted by molar-refractivity contribution is 7.80. The predicted molar refractivity (Wildman–Crippen MR) is 228 cm³/mol. The van der Waals surface area contributed by atoms with E-state index in [-0.39, 0.29) is 6.42 Å². The van der Waals surface area contributed by atoms with Crippen molar-refractivity contribution in [2.75, 3.05) is 13.2 Å². The van der Waals surface area contributed by atoms with Crippen LogP contribution in [0.1, 0.15) is 162 Å². The SMILES string of the molecule is CCCCCC/C=C/CC/C=C/CC/C=C/C(O)C(COC1OC(CO)C(O)C(OS(=O)(=O)O)C1O)NC(=O)C(O)CCCCCC/C=C\CCCCCCCCC. The van der Waals surface area contributed by atoms with Crippen LogP contribution in [0.5, 0.6) is 0 Å². The van der Waals surface area contributed by atoms with Crippen LogP contribution in [0, 0.1) is 0 Å². The molecule has 14 heteroatoms. The molecule has 0 radical (unpaired) electrons. The second-order valence-corrected chi connectivity index (χ2v) is 16.4. The summed E-state index contributed by atoms with van der Waals surface area (Å²) in [5.74, 6) is -0.728. The van der Waals surface area contributed by atoms with Gasteiger partial charge in [0, 0.05) is 0 Å². The van der Waals surface area contributed by atoms with Crippen LogP contribution in [-0.4, -0.2) is 107 Å². The van der Waals surface area contributed by atoms with Crippen molar-refractivity contribution in [1.29, 1.82) is 0 Å². The number of amides is 1. The topological polar surface area (TPSA) is 212 Å². The van der Waals surface area contributed by atoms with Gasteiger partial charge in [-0.15, -0.1) is 0 Å². The lowest BCUT2D eigenvalue weighted by Gasteiger charge is -2.41. The molecule has 1 aliphatic rings. The summed E-state index contributed by atoms with van der Waals surface area (Å²) in [6, 6.07) is -1.15. The first kappa shape index (κ1) is 54.0. The minimum absolute atomic E-state index is 0.218. The Kier molecular flexibility index (Phi) is 32.3. The number of rotatable bonds is 36. The number of ether oxygens (including phenoxy) is 2. The van der Waals surface area contributed by atoms with Crippen LogP contribution in [-0.2, 0) is 28.9 Å². The maximum Gasteiger partial charge on any atom is 0.397 e. The molecule has 1 heterocycles. The van der Waals surface area contributed by atoms with Crippen LogP contribution < -0.4 is 5.32 Å². The summed E-state index contributed by atoms with van der Waals surface area (Å²) in [5, 5.41) is 55.0. The van der Waals surface area contributed by atoms with E-state index in [0.717, 1.165) is 57.8 Å². The van der Waals surface area contributed by atoms with Crippen molar-refractivity contribution < 1.29 is 57.0 Å². The van der Waals surface area contributed by atoms with Crippen LogP contribution in [0.2, 0.25) is 0 Å². The standard InChI is InChI=1S/C44H79NO12S/c1-3-5-7-9-11-13-15-17-19-21-23-25-27-29-31-33-38(48)43(51)45-36(35-55-44-41(50)42(57-58(52,53)54)40(49)39(34-46)56-44)37(47)32-30-28-26-24-22-20-18-16-14-12-10-8-6-4-2/h14,16,19,21-22,24,30,32,36-42,44,46-50H,3-13,15,17-18,20,23,25-29,31,33-35H2,1-2H3,(H,45,51)(H,52,53,54)/b16-14+,21-19-,24-22+,32-30+. The fraction of sp³-hybridized carbons (Fsp3) is 0.795. The Balaban J connectivity index is 2.67. The van der Waals surface area contributed by atoms with E-state index in [9.17, 15) is 38.7 Å². The molecule has 0 bridgehead atoms. The third-order valence-corrected chi connectivity index (χ3v) is 10.6. The highest BCUT2D eigenvalue weighted by Crippen LogP contribution is 2.26. The summed E-state index contributed by atoms with van der Waals surface area (Å²) in [6.07, 6.45) is 29.1. The molecule has 13 nitrogen and oxygen atoms in total. The molecule has 0 aromatic carbocycles. The summed E-state index contributed by atoms with van der Waals surface area (Å²) in [5.41, 5.74) is 0. The van der Waals surface area contributed by atoms with E-state index in [1.807, 2.05) is 0 Å². The molecular weight excluding hydrogens is 767 g/mol. The number of aliphatic hydroxyl groups excluding tert-OH is 5. The number of hydrogen-bond donors (Lipinski definition) is 7. The van der Waals surface area contributed by atoms with Gasteiger partial charge in [-0.05, 0) is 70.6 Å². The van der Waals surface area contributed by atoms with Crippen LogP contribution >= 0.6 is 0 Å². The zero-order valence-electron chi connectivity index (χ0n) is 35.5. The van der Waals surface area contributed by atoms with Gasteiger partial charge < -0.3 is 40.3 Å². The number of carbonyl (C=O) groups excluding carboxylic acids is 1.